The molecule has 3 heterocycles. The van der Waals surface area contributed by atoms with E-state index in [1.54, 1.807) is 13.1 Å². The van der Waals surface area contributed by atoms with Crippen LogP contribution >= 0.6 is 0 Å². The minimum absolute atomic E-state index is 0.0305. The van der Waals surface area contributed by atoms with Crippen molar-refractivity contribution >= 4 is 22.1 Å². The van der Waals surface area contributed by atoms with E-state index in [1.165, 1.54) is 0 Å². The highest BCUT2D eigenvalue weighted by atomic mass is 16.3. The number of aromatic amines is 1. The molecule has 0 amide bonds. The van der Waals surface area contributed by atoms with Gasteiger partial charge in [0.25, 0.3) is 0 Å². The molecule has 0 saturated heterocycles. The molecule has 1 aliphatic carbocycles. The van der Waals surface area contributed by atoms with Crippen LogP contribution < -0.4 is 0 Å². The summed E-state index contributed by atoms with van der Waals surface area (Å²) in [5.41, 5.74) is 2.54. The van der Waals surface area contributed by atoms with Crippen LogP contribution in [0.25, 0.3) is 22.1 Å². The van der Waals surface area contributed by atoms with E-state index in [9.17, 15) is 10.4 Å². The minimum Gasteiger partial charge on any atom is -0.385 e. The molecule has 0 radical (unpaired) electrons. The van der Waals surface area contributed by atoms with Crippen LogP contribution in [-0.2, 0) is 0 Å². The van der Waals surface area contributed by atoms with Crippen LogP contribution in [0.5, 0.6) is 0 Å². The zero-order chi connectivity index (χ0) is 15.3. The van der Waals surface area contributed by atoms with Gasteiger partial charge in [-0.05, 0) is 32.3 Å². The number of nitriles is 1. The molecule has 1 aliphatic rings. The van der Waals surface area contributed by atoms with Gasteiger partial charge >= 0.3 is 0 Å². The highest BCUT2D eigenvalue weighted by molar-refractivity contribution is 6.01. The van der Waals surface area contributed by atoms with Crippen molar-refractivity contribution in [2.45, 2.75) is 38.3 Å². The molecule has 22 heavy (non-hydrogen) atoms. The lowest BCUT2D eigenvalue weighted by atomic mass is 10.0. The van der Waals surface area contributed by atoms with E-state index in [-0.39, 0.29) is 12.0 Å². The molecule has 2 N–H and O–H groups in total. The first-order valence-electron chi connectivity index (χ1n) is 7.62. The molecule has 4 rings (SSSR count). The van der Waals surface area contributed by atoms with Crippen molar-refractivity contribution in [3.8, 4) is 6.07 Å². The maximum Gasteiger partial charge on any atom is 0.139 e. The van der Waals surface area contributed by atoms with E-state index < -0.39 is 6.10 Å². The Balaban J connectivity index is 2.07. The van der Waals surface area contributed by atoms with Gasteiger partial charge in [0, 0.05) is 11.6 Å². The fourth-order valence-electron chi connectivity index (χ4n) is 3.64. The number of fused-ring (bicyclic) bond motifs is 3. The Morgan fingerprint density at radius 2 is 2.36 bits per heavy atom. The maximum absolute atomic E-state index is 10.2. The number of nitrogens with zero attached hydrogens (tertiary/aromatic N) is 4. The SMILES string of the molecule is C[C@@H](O)c1nc2cnc3[nH]ccc3c2n1[C@@H]1CCC[C@H]1C#N. The predicted octanol–water partition coefficient (Wildman–Crippen LogP) is 2.83. The van der Waals surface area contributed by atoms with E-state index in [0.29, 0.717) is 5.82 Å². The number of aromatic nitrogens is 4. The van der Waals surface area contributed by atoms with Crippen LogP contribution in [-0.4, -0.2) is 24.6 Å². The molecule has 1 fully saturated rings. The summed E-state index contributed by atoms with van der Waals surface area (Å²) in [6.45, 7) is 1.72. The van der Waals surface area contributed by atoms with Gasteiger partial charge in [-0.3, -0.25) is 0 Å². The van der Waals surface area contributed by atoms with Crippen LogP contribution in [0.3, 0.4) is 0 Å². The Bertz CT molecular complexity index is 885. The van der Waals surface area contributed by atoms with Gasteiger partial charge in [0.15, 0.2) is 0 Å². The largest absolute Gasteiger partial charge is 0.385 e. The van der Waals surface area contributed by atoms with E-state index in [1.807, 2.05) is 12.3 Å². The molecule has 1 saturated carbocycles. The molecule has 0 aliphatic heterocycles. The van der Waals surface area contributed by atoms with E-state index in [2.05, 4.69) is 25.6 Å². The number of hydrogen-bond acceptors (Lipinski definition) is 4. The van der Waals surface area contributed by atoms with Crippen molar-refractivity contribution in [2.24, 2.45) is 5.92 Å². The first-order chi connectivity index (χ1) is 10.7. The zero-order valence-corrected chi connectivity index (χ0v) is 12.3. The topological polar surface area (TPSA) is 90.5 Å². The summed E-state index contributed by atoms with van der Waals surface area (Å²) in [4.78, 5) is 12.1. The molecule has 112 valence electrons. The standard InChI is InChI=1S/C16H17N5O/c1-9(22)16-20-12-8-19-15-11(5-6-18-15)14(12)21(16)13-4-2-3-10(13)7-17/h5-6,8-10,13,22H,2-4H2,1H3,(H,18,19)/t9-,10+,13-/m1/s1. The lowest BCUT2D eigenvalue weighted by Gasteiger charge is -2.20. The van der Waals surface area contributed by atoms with Gasteiger partial charge in [-0.15, -0.1) is 0 Å². The molecule has 3 atom stereocenters. The Morgan fingerprint density at radius 3 is 3.14 bits per heavy atom. The quantitative estimate of drug-likeness (QED) is 0.760. The highest BCUT2D eigenvalue weighted by Crippen LogP contribution is 2.40. The van der Waals surface area contributed by atoms with Gasteiger partial charge in [0.1, 0.15) is 23.1 Å². The molecule has 0 unspecified atom stereocenters. The van der Waals surface area contributed by atoms with Gasteiger partial charge in [-0.2, -0.15) is 5.26 Å². The second kappa shape index (κ2) is 4.82. The Labute approximate surface area is 127 Å². The fourth-order valence-corrected chi connectivity index (χ4v) is 3.64. The van der Waals surface area contributed by atoms with Crippen LogP contribution in [0.2, 0.25) is 0 Å². The lowest BCUT2D eigenvalue weighted by Crippen LogP contribution is -2.17. The highest BCUT2D eigenvalue weighted by Gasteiger charge is 2.33. The average Bonchev–Trinajstić information content (AvgIpc) is 3.22. The molecule has 6 heteroatoms. The van der Waals surface area contributed by atoms with Gasteiger partial charge < -0.3 is 14.7 Å². The van der Waals surface area contributed by atoms with Crippen molar-refractivity contribution in [1.82, 2.24) is 19.5 Å². The molecule has 0 spiro atoms. The molecule has 0 aromatic carbocycles. The van der Waals surface area contributed by atoms with Crippen molar-refractivity contribution in [2.75, 3.05) is 0 Å². The van der Waals surface area contributed by atoms with Crippen LogP contribution in [0, 0.1) is 17.2 Å². The van der Waals surface area contributed by atoms with Crippen LogP contribution in [0.15, 0.2) is 18.5 Å². The smallest absolute Gasteiger partial charge is 0.139 e. The minimum atomic E-state index is -0.679. The van der Waals surface area contributed by atoms with Gasteiger partial charge in [0.2, 0.25) is 0 Å². The second-order valence-corrected chi connectivity index (χ2v) is 5.98. The monoisotopic (exact) mass is 295 g/mol. The van der Waals surface area contributed by atoms with E-state index in [0.717, 1.165) is 41.3 Å². The number of imidazole rings is 1. The van der Waals surface area contributed by atoms with Crippen molar-refractivity contribution < 1.29 is 5.11 Å². The number of nitrogens with one attached hydrogen (secondary N) is 1. The number of rotatable bonds is 2. The third-order valence-corrected chi connectivity index (χ3v) is 4.61. The molecule has 0 bridgehead atoms. The van der Waals surface area contributed by atoms with Crippen LogP contribution in [0.4, 0.5) is 0 Å². The number of aliphatic hydroxyl groups excluding tert-OH is 1. The van der Waals surface area contributed by atoms with Crippen LogP contribution in [0.1, 0.15) is 44.2 Å². The first kappa shape index (κ1) is 13.3. The van der Waals surface area contributed by atoms with Gasteiger partial charge in [-0.25, -0.2) is 9.97 Å². The number of aliphatic hydroxyl groups is 1. The fraction of sp³-hybridized carbons (Fsp3) is 0.438. The summed E-state index contributed by atoms with van der Waals surface area (Å²) in [6, 6.07) is 4.47. The number of pyridine rings is 1. The summed E-state index contributed by atoms with van der Waals surface area (Å²) >= 11 is 0. The Kier molecular flexibility index (Phi) is 2.91. The lowest BCUT2D eigenvalue weighted by molar-refractivity contribution is 0.180. The molecular formula is C16H17N5O. The molecule has 6 nitrogen and oxygen atoms in total. The van der Waals surface area contributed by atoms with E-state index >= 15 is 0 Å². The summed E-state index contributed by atoms with van der Waals surface area (Å²) in [7, 11) is 0. The Hall–Kier alpha value is -2.39. The predicted molar refractivity (Wildman–Crippen MR) is 82.0 cm³/mol. The average molecular weight is 295 g/mol. The Morgan fingerprint density at radius 1 is 1.50 bits per heavy atom. The molecule has 3 aromatic heterocycles. The van der Waals surface area contributed by atoms with Gasteiger partial charge in [0.05, 0.1) is 29.7 Å². The number of hydrogen-bond donors (Lipinski definition) is 2. The second-order valence-electron chi connectivity index (χ2n) is 5.98. The van der Waals surface area contributed by atoms with Gasteiger partial charge in [-0.1, -0.05) is 0 Å². The van der Waals surface area contributed by atoms with Crippen molar-refractivity contribution in [1.29, 1.82) is 5.26 Å². The normalized spacial score (nSPS) is 23.1. The van der Waals surface area contributed by atoms with Crippen molar-refractivity contribution in [3.63, 3.8) is 0 Å². The van der Waals surface area contributed by atoms with E-state index in [4.69, 9.17) is 0 Å². The summed E-state index contributed by atoms with van der Waals surface area (Å²) in [5, 5.41) is 20.6. The maximum atomic E-state index is 10.2. The summed E-state index contributed by atoms with van der Waals surface area (Å²) in [5.74, 6) is 0.592. The zero-order valence-electron chi connectivity index (χ0n) is 12.3. The number of H-pyrrole nitrogens is 1. The summed E-state index contributed by atoms with van der Waals surface area (Å²) in [6.07, 6.45) is 5.78. The molecule has 3 aromatic rings. The third-order valence-electron chi connectivity index (χ3n) is 4.61. The summed E-state index contributed by atoms with van der Waals surface area (Å²) < 4.78 is 2.08. The van der Waals surface area contributed by atoms with Crippen molar-refractivity contribution in [3.05, 3.63) is 24.3 Å². The molecular weight excluding hydrogens is 278 g/mol. The third kappa shape index (κ3) is 1.76. The first-order valence-corrected chi connectivity index (χ1v) is 7.62.